The first-order valence-corrected chi connectivity index (χ1v) is 6.20. The second-order valence-electron chi connectivity index (χ2n) is 4.77. The Morgan fingerprint density at radius 3 is 2.45 bits per heavy atom. The van der Waals surface area contributed by atoms with Crippen molar-refractivity contribution in [3.8, 4) is 5.88 Å². The third kappa shape index (κ3) is 4.63. The zero-order valence-corrected chi connectivity index (χ0v) is 11.6. The van der Waals surface area contributed by atoms with Crippen LogP contribution in [0, 0.1) is 0 Å². The molecule has 0 radical (unpaired) electrons. The molecule has 0 spiro atoms. The zero-order chi connectivity index (χ0) is 15.3. The lowest BCUT2D eigenvalue weighted by Gasteiger charge is -2.17. The number of ether oxygens (including phenoxy) is 1. The molecule has 114 valence electrons. The second kappa shape index (κ2) is 6.88. The third-order valence-electron chi connectivity index (χ3n) is 2.59. The summed E-state index contributed by atoms with van der Waals surface area (Å²) < 4.78 is 54.5. The molecule has 0 fully saturated rings. The zero-order valence-electron chi connectivity index (χ0n) is 11.6. The summed E-state index contributed by atoms with van der Waals surface area (Å²) in [4.78, 5) is 4.05. The van der Waals surface area contributed by atoms with Gasteiger partial charge in [-0.05, 0) is 24.6 Å². The van der Waals surface area contributed by atoms with Crippen molar-refractivity contribution in [2.45, 2.75) is 38.7 Å². The summed E-state index contributed by atoms with van der Waals surface area (Å²) in [7, 11) is 1.74. The van der Waals surface area contributed by atoms with Crippen LogP contribution in [0.3, 0.4) is 0 Å². The molecule has 0 aliphatic carbocycles. The van der Waals surface area contributed by atoms with Gasteiger partial charge in [0, 0.05) is 18.3 Å². The molecule has 0 saturated carbocycles. The number of rotatable bonds is 7. The average molecular weight is 294 g/mol. The fourth-order valence-electron chi connectivity index (χ4n) is 1.49. The molecule has 1 N–H and O–H groups in total. The number of alkyl halides is 4. The van der Waals surface area contributed by atoms with Crippen LogP contribution in [0.25, 0.3) is 0 Å². The smallest absolute Gasteiger partial charge is 0.340 e. The van der Waals surface area contributed by atoms with E-state index in [0.717, 1.165) is 5.56 Å². The number of pyridine rings is 1. The standard InChI is InChI=1S/C13H18F4N2O/c1-8(2)10-4-9(6-18-3)5-11(19-10)20-7-13(16,17)12(14)15/h4-5,8,12,18H,6-7H2,1-3H3. The van der Waals surface area contributed by atoms with Crippen LogP contribution in [0.15, 0.2) is 12.1 Å². The molecule has 0 unspecified atom stereocenters. The van der Waals surface area contributed by atoms with Gasteiger partial charge in [0.25, 0.3) is 0 Å². The van der Waals surface area contributed by atoms with Crippen LogP contribution in [-0.4, -0.2) is 31.0 Å². The van der Waals surface area contributed by atoms with Gasteiger partial charge in [0.2, 0.25) is 5.88 Å². The molecule has 0 bridgehead atoms. The molecule has 3 nitrogen and oxygen atoms in total. The highest BCUT2D eigenvalue weighted by Crippen LogP contribution is 2.25. The van der Waals surface area contributed by atoms with E-state index in [0.29, 0.717) is 12.2 Å². The van der Waals surface area contributed by atoms with E-state index >= 15 is 0 Å². The highest BCUT2D eigenvalue weighted by atomic mass is 19.3. The Morgan fingerprint density at radius 2 is 1.95 bits per heavy atom. The normalized spacial score (nSPS) is 12.2. The number of hydrogen-bond acceptors (Lipinski definition) is 3. The molecular weight excluding hydrogens is 276 g/mol. The van der Waals surface area contributed by atoms with Crippen molar-refractivity contribution in [2.24, 2.45) is 0 Å². The Kier molecular flexibility index (Phi) is 5.74. The van der Waals surface area contributed by atoms with E-state index in [4.69, 9.17) is 4.74 Å². The largest absolute Gasteiger partial charge is 0.471 e. The van der Waals surface area contributed by atoms with Crippen molar-refractivity contribution in [1.29, 1.82) is 0 Å². The first-order chi connectivity index (χ1) is 9.26. The molecule has 0 amide bonds. The minimum Gasteiger partial charge on any atom is -0.471 e. The van der Waals surface area contributed by atoms with Crippen molar-refractivity contribution in [3.05, 3.63) is 23.4 Å². The summed E-state index contributed by atoms with van der Waals surface area (Å²) in [5.41, 5.74) is 1.45. The highest BCUT2D eigenvalue weighted by Gasteiger charge is 2.41. The van der Waals surface area contributed by atoms with Gasteiger partial charge in [-0.3, -0.25) is 0 Å². The van der Waals surface area contributed by atoms with Gasteiger partial charge < -0.3 is 10.1 Å². The Bertz CT molecular complexity index is 438. The summed E-state index contributed by atoms with van der Waals surface area (Å²) in [6.45, 7) is 2.90. The summed E-state index contributed by atoms with van der Waals surface area (Å²) in [5.74, 6) is -4.18. The summed E-state index contributed by atoms with van der Waals surface area (Å²) in [6.07, 6.45) is -3.76. The van der Waals surface area contributed by atoms with Crippen molar-refractivity contribution in [2.75, 3.05) is 13.7 Å². The molecule has 0 aliphatic heterocycles. The quantitative estimate of drug-likeness (QED) is 0.784. The first-order valence-electron chi connectivity index (χ1n) is 6.20. The number of hydrogen-bond donors (Lipinski definition) is 1. The van der Waals surface area contributed by atoms with Gasteiger partial charge in [0.1, 0.15) is 0 Å². The maximum absolute atomic E-state index is 12.8. The number of halogens is 4. The molecule has 20 heavy (non-hydrogen) atoms. The minimum absolute atomic E-state index is 0.0678. The van der Waals surface area contributed by atoms with Gasteiger partial charge >= 0.3 is 12.3 Å². The van der Waals surface area contributed by atoms with Crippen molar-refractivity contribution >= 4 is 0 Å². The van der Waals surface area contributed by atoms with Gasteiger partial charge in [0.15, 0.2) is 6.61 Å². The van der Waals surface area contributed by atoms with Crippen LogP contribution in [-0.2, 0) is 6.54 Å². The lowest BCUT2D eigenvalue weighted by atomic mass is 10.1. The molecule has 1 aromatic heterocycles. The van der Waals surface area contributed by atoms with Crippen LogP contribution in [0.5, 0.6) is 5.88 Å². The van der Waals surface area contributed by atoms with E-state index in [1.165, 1.54) is 6.07 Å². The molecule has 1 aromatic rings. The minimum atomic E-state index is -4.18. The molecule has 1 heterocycles. The maximum Gasteiger partial charge on any atom is 0.340 e. The summed E-state index contributed by atoms with van der Waals surface area (Å²) in [6, 6.07) is 3.28. The number of aromatic nitrogens is 1. The van der Waals surface area contributed by atoms with E-state index in [1.807, 2.05) is 19.9 Å². The van der Waals surface area contributed by atoms with Crippen LogP contribution >= 0.6 is 0 Å². The molecule has 0 saturated heterocycles. The van der Waals surface area contributed by atoms with Gasteiger partial charge in [-0.1, -0.05) is 13.8 Å². The first kappa shape index (κ1) is 16.7. The van der Waals surface area contributed by atoms with Gasteiger partial charge in [-0.25, -0.2) is 13.8 Å². The molecule has 1 rings (SSSR count). The maximum atomic E-state index is 12.8. The van der Waals surface area contributed by atoms with Gasteiger partial charge in [0.05, 0.1) is 0 Å². The monoisotopic (exact) mass is 294 g/mol. The lowest BCUT2D eigenvalue weighted by Crippen LogP contribution is -2.34. The van der Waals surface area contributed by atoms with E-state index in [-0.39, 0.29) is 11.8 Å². The van der Waals surface area contributed by atoms with E-state index < -0.39 is 19.0 Å². The molecule has 7 heteroatoms. The molecule has 0 aromatic carbocycles. The van der Waals surface area contributed by atoms with Crippen LogP contribution < -0.4 is 10.1 Å². The predicted molar refractivity (Wildman–Crippen MR) is 67.5 cm³/mol. The second-order valence-corrected chi connectivity index (χ2v) is 4.77. The van der Waals surface area contributed by atoms with Gasteiger partial charge in [-0.2, -0.15) is 8.78 Å². The van der Waals surface area contributed by atoms with Crippen LogP contribution in [0.2, 0.25) is 0 Å². The summed E-state index contributed by atoms with van der Waals surface area (Å²) >= 11 is 0. The number of nitrogens with one attached hydrogen (secondary N) is 1. The Hall–Kier alpha value is -1.37. The Labute approximate surface area is 115 Å². The average Bonchev–Trinajstić information content (AvgIpc) is 2.36. The van der Waals surface area contributed by atoms with E-state index in [2.05, 4.69) is 10.3 Å². The number of nitrogens with zero attached hydrogens (tertiary/aromatic N) is 1. The summed E-state index contributed by atoms with van der Waals surface area (Å²) in [5, 5.41) is 2.92. The lowest BCUT2D eigenvalue weighted by molar-refractivity contribution is -0.148. The van der Waals surface area contributed by atoms with Crippen molar-refractivity contribution < 1.29 is 22.3 Å². The van der Waals surface area contributed by atoms with Crippen molar-refractivity contribution in [1.82, 2.24) is 10.3 Å². The predicted octanol–water partition coefficient (Wildman–Crippen LogP) is 3.20. The van der Waals surface area contributed by atoms with Crippen LogP contribution in [0.1, 0.15) is 31.0 Å². The van der Waals surface area contributed by atoms with E-state index in [1.54, 1.807) is 7.05 Å². The van der Waals surface area contributed by atoms with E-state index in [9.17, 15) is 17.6 Å². The fraction of sp³-hybridized carbons (Fsp3) is 0.615. The fourth-order valence-corrected chi connectivity index (χ4v) is 1.49. The molecular formula is C13H18F4N2O. The van der Waals surface area contributed by atoms with Crippen LogP contribution in [0.4, 0.5) is 17.6 Å². The topological polar surface area (TPSA) is 34.1 Å². The Balaban J connectivity index is 2.88. The molecule has 0 atom stereocenters. The van der Waals surface area contributed by atoms with Crippen molar-refractivity contribution in [3.63, 3.8) is 0 Å². The highest BCUT2D eigenvalue weighted by molar-refractivity contribution is 5.26. The third-order valence-corrected chi connectivity index (χ3v) is 2.59. The Morgan fingerprint density at radius 1 is 1.30 bits per heavy atom. The van der Waals surface area contributed by atoms with Gasteiger partial charge in [-0.15, -0.1) is 0 Å². The SMILES string of the molecule is CNCc1cc(OCC(F)(F)C(F)F)nc(C(C)C)c1. The molecule has 0 aliphatic rings.